The van der Waals surface area contributed by atoms with Gasteiger partial charge in [0.05, 0.1) is 4.92 Å². The lowest BCUT2D eigenvalue weighted by Crippen LogP contribution is -2.13. The van der Waals surface area contributed by atoms with E-state index in [4.69, 9.17) is 4.42 Å². The summed E-state index contributed by atoms with van der Waals surface area (Å²) in [5.41, 5.74) is 1.01. The van der Waals surface area contributed by atoms with Gasteiger partial charge in [0, 0.05) is 33.9 Å². The molecule has 0 aliphatic rings. The maximum atomic E-state index is 12.6. The molecule has 0 atom stereocenters. The van der Waals surface area contributed by atoms with Crippen LogP contribution in [-0.4, -0.2) is 10.8 Å². The molecule has 32 heavy (non-hydrogen) atoms. The number of rotatable bonds is 5. The van der Waals surface area contributed by atoms with Gasteiger partial charge in [0.15, 0.2) is 0 Å². The van der Waals surface area contributed by atoms with E-state index in [1.165, 1.54) is 18.2 Å². The number of amides is 1. The minimum absolute atomic E-state index is 0.0515. The monoisotopic (exact) mass is 487 g/mol. The van der Waals surface area contributed by atoms with Gasteiger partial charge in [0.25, 0.3) is 11.6 Å². The lowest BCUT2D eigenvalue weighted by Gasteiger charge is -2.06. The number of halogens is 1. The number of nitro groups is 1. The molecule has 4 rings (SSSR count). The Hall–Kier alpha value is -4.22. The van der Waals surface area contributed by atoms with Gasteiger partial charge in [-0.05, 0) is 57.0 Å². The van der Waals surface area contributed by atoms with E-state index < -0.39 is 10.8 Å². The van der Waals surface area contributed by atoms with Crippen LogP contribution in [0.2, 0.25) is 0 Å². The van der Waals surface area contributed by atoms with E-state index in [2.05, 4.69) is 21.2 Å². The number of non-ortho nitro benzene ring substituents is 1. The van der Waals surface area contributed by atoms with E-state index in [1.54, 1.807) is 24.3 Å². The summed E-state index contributed by atoms with van der Waals surface area (Å²) in [5, 5.41) is 25.1. The highest BCUT2D eigenvalue weighted by atomic mass is 79.9. The second-order valence-corrected chi connectivity index (χ2v) is 7.66. The maximum Gasteiger partial charge on any atom is 0.270 e. The van der Waals surface area contributed by atoms with Gasteiger partial charge in [-0.25, -0.2) is 0 Å². The SMILES string of the molecule is N#C/C(=C\c1ccc(-c2ccc([N+](=O)[O-])cc2Br)o1)C(=O)Nc1ccc2ccccc2c1. The second-order valence-electron chi connectivity index (χ2n) is 6.81. The molecule has 0 aliphatic carbocycles. The quantitative estimate of drug-likeness (QED) is 0.153. The Morgan fingerprint density at radius 2 is 1.84 bits per heavy atom. The fourth-order valence-electron chi connectivity index (χ4n) is 3.15. The van der Waals surface area contributed by atoms with Gasteiger partial charge in [-0.1, -0.05) is 30.3 Å². The van der Waals surface area contributed by atoms with Crippen LogP contribution < -0.4 is 5.32 Å². The Bertz CT molecular complexity index is 1430. The minimum atomic E-state index is -0.558. The minimum Gasteiger partial charge on any atom is -0.457 e. The Morgan fingerprint density at radius 1 is 1.06 bits per heavy atom. The summed E-state index contributed by atoms with van der Waals surface area (Å²) in [6, 6.07) is 22.7. The maximum absolute atomic E-state index is 12.6. The van der Waals surface area contributed by atoms with E-state index in [0.29, 0.717) is 27.2 Å². The van der Waals surface area contributed by atoms with Crippen molar-refractivity contribution in [1.82, 2.24) is 0 Å². The predicted molar refractivity (Wildman–Crippen MR) is 125 cm³/mol. The van der Waals surface area contributed by atoms with Crippen molar-refractivity contribution in [3.8, 4) is 17.4 Å². The van der Waals surface area contributed by atoms with Crippen molar-refractivity contribution in [3.63, 3.8) is 0 Å². The number of fused-ring (bicyclic) bond motifs is 1. The number of nitro benzene ring substituents is 1. The first-order valence-electron chi connectivity index (χ1n) is 9.41. The summed E-state index contributed by atoms with van der Waals surface area (Å²) in [6.45, 7) is 0. The molecule has 8 heteroatoms. The highest BCUT2D eigenvalue weighted by Gasteiger charge is 2.15. The number of furan rings is 1. The van der Waals surface area contributed by atoms with Gasteiger partial charge < -0.3 is 9.73 Å². The number of nitrogens with zero attached hydrogens (tertiary/aromatic N) is 2. The molecule has 0 spiro atoms. The molecule has 0 fully saturated rings. The van der Waals surface area contributed by atoms with Crippen molar-refractivity contribution in [2.45, 2.75) is 0 Å². The Kier molecular flexibility index (Phi) is 5.83. The lowest BCUT2D eigenvalue weighted by atomic mass is 10.1. The average Bonchev–Trinajstić information content (AvgIpc) is 3.25. The molecule has 3 aromatic carbocycles. The second kappa shape index (κ2) is 8.88. The summed E-state index contributed by atoms with van der Waals surface area (Å²) in [7, 11) is 0. The molecule has 0 aliphatic heterocycles. The molecule has 156 valence electrons. The first-order valence-corrected chi connectivity index (χ1v) is 10.2. The van der Waals surface area contributed by atoms with Crippen LogP contribution in [-0.2, 0) is 4.79 Å². The number of carbonyl (C=O) groups is 1. The van der Waals surface area contributed by atoms with Crippen LogP contribution in [0.5, 0.6) is 0 Å². The number of carbonyl (C=O) groups excluding carboxylic acids is 1. The molecule has 7 nitrogen and oxygen atoms in total. The first kappa shape index (κ1) is 21.0. The van der Waals surface area contributed by atoms with Crippen LogP contribution >= 0.6 is 15.9 Å². The topological polar surface area (TPSA) is 109 Å². The zero-order valence-electron chi connectivity index (χ0n) is 16.4. The van der Waals surface area contributed by atoms with Crippen LogP contribution in [0.1, 0.15) is 5.76 Å². The fourth-order valence-corrected chi connectivity index (χ4v) is 3.71. The van der Waals surface area contributed by atoms with E-state index in [-0.39, 0.29) is 11.3 Å². The van der Waals surface area contributed by atoms with E-state index >= 15 is 0 Å². The molecular formula is C24H14BrN3O4. The van der Waals surface area contributed by atoms with Crippen LogP contribution in [0.3, 0.4) is 0 Å². The Balaban J connectivity index is 1.55. The first-order chi connectivity index (χ1) is 15.4. The van der Waals surface area contributed by atoms with Gasteiger partial charge >= 0.3 is 0 Å². The summed E-state index contributed by atoms with van der Waals surface area (Å²) in [6.07, 6.45) is 1.35. The Morgan fingerprint density at radius 3 is 2.56 bits per heavy atom. The third-order valence-corrected chi connectivity index (χ3v) is 5.37. The van der Waals surface area contributed by atoms with Gasteiger partial charge in [0.2, 0.25) is 0 Å². The normalized spacial score (nSPS) is 11.2. The van der Waals surface area contributed by atoms with Crippen molar-refractivity contribution in [2.75, 3.05) is 5.32 Å². The number of hydrogen-bond acceptors (Lipinski definition) is 5. The number of nitriles is 1. The van der Waals surface area contributed by atoms with Crippen LogP contribution in [0.15, 0.2) is 87.3 Å². The van der Waals surface area contributed by atoms with Crippen LogP contribution in [0.4, 0.5) is 11.4 Å². The third-order valence-electron chi connectivity index (χ3n) is 4.71. The van der Waals surface area contributed by atoms with E-state index in [1.807, 2.05) is 42.5 Å². The van der Waals surface area contributed by atoms with Crippen molar-refractivity contribution in [3.05, 3.63) is 98.7 Å². The smallest absolute Gasteiger partial charge is 0.270 e. The summed E-state index contributed by atoms with van der Waals surface area (Å²) < 4.78 is 6.23. The molecule has 0 saturated heterocycles. The average molecular weight is 488 g/mol. The summed E-state index contributed by atoms with van der Waals surface area (Å²) in [5.74, 6) is 0.179. The van der Waals surface area contributed by atoms with Crippen LogP contribution in [0.25, 0.3) is 28.2 Å². The molecule has 0 saturated carbocycles. The number of nitrogens with one attached hydrogen (secondary N) is 1. The van der Waals surface area contributed by atoms with Crippen molar-refractivity contribution in [2.24, 2.45) is 0 Å². The van der Waals surface area contributed by atoms with Gasteiger partial charge in [-0.2, -0.15) is 5.26 Å². The van der Waals surface area contributed by atoms with Gasteiger partial charge in [0.1, 0.15) is 23.2 Å². The highest BCUT2D eigenvalue weighted by molar-refractivity contribution is 9.10. The molecule has 0 unspecified atom stereocenters. The number of benzene rings is 3. The molecule has 0 radical (unpaired) electrons. The zero-order valence-corrected chi connectivity index (χ0v) is 18.0. The Labute approximate surface area is 190 Å². The molecule has 1 amide bonds. The summed E-state index contributed by atoms with van der Waals surface area (Å²) >= 11 is 3.31. The summed E-state index contributed by atoms with van der Waals surface area (Å²) in [4.78, 5) is 23.0. The van der Waals surface area contributed by atoms with E-state index in [0.717, 1.165) is 10.8 Å². The molecule has 1 N–H and O–H groups in total. The third kappa shape index (κ3) is 4.43. The molecular weight excluding hydrogens is 474 g/mol. The standard InChI is InChI=1S/C24H14BrN3O4/c25-22-13-19(28(30)31)7-9-21(22)23-10-8-20(32-23)12-17(14-26)24(29)27-18-6-5-15-3-1-2-4-16(15)11-18/h1-13H,(H,27,29)/b17-12+. The number of anilines is 1. The van der Waals surface area contributed by atoms with Crippen molar-refractivity contribution >= 4 is 50.1 Å². The predicted octanol–water partition coefficient (Wildman–Crippen LogP) is 6.32. The lowest BCUT2D eigenvalue weighted by molar-refractivity contribution is -0.384. The zero-order chi connectivity index (χ0) is 22.7. The van der Waals surface area contributed by atoms with Crippen molar-refractivity contribution in [1.29, 1.82) is 5.26 Å². The fraction of sp³-hybridized carbons (Fsp3) is 0. The van der Waals surface area contributed by atoms with Crippen molar-refractivity contribution < 1.29 is 14.1 Å². The van der Waals surface area contributed by atoms with E-state index in [9.17, 15) is 20.2 Å². The van der Waals surface area contributed by atoms with Gasteiger partial charge in [-0.15, -0.1) is 0 Å². The molecule has 4 aromatic rings. The largest absolute Gasteiger partial charge is 0.457 e. The molecule has 0 bridgehead atoms. The number of hydrogen-bond donors (Lipinski definition) is 1. The van der Waals surface area contributed by atoms with Gasteiger partial charge in [-0.3, -0.25) is 14.9 Å². The highest BCUT2D eigenvalue weighted by Crippen LogP contribution is 2.33. The molecule has 1 heterocycles. The van der Waals surface area contributed by atoms with Crippen LogP contribution in [0, 0.1) is 21.4 Å². The molecule has 1 aromatic heterocycles.